The molecule has 0 aliphatic heterocycles. The van der Waals surface area contributed by atoms with Crippen LogP contribution in [-0.4, -0.2) is 13.1 Å². The molecule has 0 heterocycles. The molecule has 0 aromatic heterocycles. The van der Waals surface area contributed by atoms with Crippen molar-refractivity contribution in [2.45, 2.75) is 6.92 Å². The lowest BCUT2D eigenvalue weighted by Crippen LogP contribution is -1.96. The molecule has 15 heavy (non-hydrogen) atoms. The Morgan fingerprint density at radius 3 is 2.67 bits per heavy atom. The number of hydrogen-bond donors (Lipinski definition) is 0. The molecule has 0 bridgehead atoms. The third-order valence-electron chi connectivity index (χ3n) is 1.89. The van der Waals surface area contributed by atoms with Gasteiger partial charge in [0.05, 0.1) is 7.11 Å². The average Bonchev–Trinajstić information content (AvgIpc) is 2.21. The Hall–Kier alpha value is -0.990. The average molecular weight is 245 g/mol. The van der Waals surface area contributed by atoms with Crippen molar-refractivity contribution >= 4 is 34.7 Å². The largest absolute Gasteiger partial charge is 0.466 e. The first kappa shape index (κ1) is 12.1. The zero-order valence-corrected chi connectivity index (χ0v) is 9.89. The number of hydrogen-bond acceptors (Lipinski definition) is 2. The van der Waals surface area contributed by atoms with Crippen LogP contribution in [-0.2, 0) is 9.53 Å². The van der Waals surface area contributed by atoms with E-state index in [-0.39, 0.29) is 0 Å². The molecular weight excluding hydrogens is 235 g/mol. The molecule has 0 atom stereocenters. The summed E-state index contributed by atoms with van der Waals surface area (Å²) in [5, 5.41) is 1.13. The molecule has 0 saturated carbocycles. The number of ether oxygens (including phenoxy) is 1. The van der Waals surface area contributed by atoms with Gasteiger partial charge in [0, 0.05) is 16.1 Å². The monoisotopic (exact) mass is 244 g/mol. The summed E-state index contributed by atoms with van der Waals surface area (Å²) < 4.78 is 4.52. The first-order chi connectivity index (χ1) is 7.04. The number of benzene rings is 1. The van der Waals surface area contributed by atoms with Crippen molar-refractivity contribution < 1.29 is 9.53 Å². The molecule has 4 heteroatoms. The summed E-state index contributed by atoms with van der Waals surface area (Å²) in [5.74, 6) is -0.413. The van der Waals surface area contributed by atoms with E-state index >= 15 is 0 Å². The zero-order chi connectivity index (χ0) is 11.4. The summed E-state index contributed by atoms with van der Waals surface area (Å²) in [7, 11) is 1.33. The highest BCUT2D eigenvalue weighted by Crippen LogP contribution is 2.26. The Kier molecular flexibility index (Phi) is 4.18. The highest BCUT2D eigenvalue weighted by molar-refractivity contribution is 6.34. The van der Waals surface area contributed by atoms with E-state index in [0.717, 1.165) is 5.56 Å². The second kappa shape index (κ2) is 5.19. The Morgan fingerprint density at radius 1 is 1.40 bits per heavy atom. The summed E-state index contributed by atoms with van der Waals surface area (Å²) in [6, 6.07) is 5.09. The maximum atomic E-state index is 11.0. The van der Waals surface area contributed by atoms with Crippen molar-refractivity contribution in [3.8, 4) is 0 Å². The minimum absolute atomic E-state index is 0.413. The van der Waals surface area contributed by atoms with Crippen LogP contribution >= 0.6 is 23.2 Å². The normalized spacial score (nSPS) is 11.3. The summed E-state index contributed by atoms with van der Waals surface area (Å²) in [5.41, 5.74) is 1.45. The van der Waals surface area contributed by atoms with Gasteiger partial charge in [-0.2, -0.15) is 0 Å². The lowest BCUT2D eigenvalue weighted by molar-refractivity contribution is -0.134. The smallest absolute Gasteiger partial charge is 0.330 e. The number of esters is 1. The van der Waals surface area contributed by atoms with Gasteiger partial charge in [-0.1, -0.05) is 23.2 Å². The molecule has 0 N–H and O–H groups in total. The molecule has 0 spiro atoms. The van der Waals surface area contributed by atoms with E-state index in [1.54, 1.807) is 25.1 Å². The minimum atomic E-state index is -0.413. The van der Waals surface area contributed by atoms with Gasteiger partial charge in [-0.25, -0.2) is 4.79 Å². The van der Waals surface area contributed by atoms with Crippen LogP contribution in [0.4, 0.5) is 0 Å². The van der Waals surface area contributed by atoms with Gasteiger partial charge >= 0.3 is 5.97 Å². The number of allylic oxidation sites excluding steroid dienone is 1. The van der Waals surface area contributed by atoms with Crippen molar-refractivity contribution in [2.24, 2.45) is 0 Å². The van der Waals surface area contributed by atoms with Gasteiger partial charge in [0.1, 0.15) is 0 Å². The van der Waals surface area contributed by atoms with Crippen molar-refractivity contribution in [1.29, 1.82) is 0 Å². The number of carbonyl (C=O) groups excluding carboxylic acids is 1. The predicted octanol–water partition coefficient (Wildman–Crippen LogP) is 3.57. The molecular formula is C11H10Cl2O2. The van der Waals surface area contributed by atoms with Crippen LogP contribution in [0.3, 0.4) is 0 Å². The van der Waals surface area contributed by atoms with Crippen LogP contribution in [0.25, 0.3) is 5.57 Å². The van der Waals surface area contributed by atoms with Crippen LogP contribution in [0.1, 0.15) is 12.5 Å². The molecule has 0 radical (unpaired) electrons. The van der Waals surface area contributed by atoms with Crippen LogP contribution in [0.15, 0.2) is 24.3 Å². The predicted molar refractivity (Wildman–Crippen MR) is 62.1 cm³/mol. The molecule has 0 aliphatic carbocycles. The van der Waals surface area contributed by atoms with E-state index in [1.165, 1.54) is 13.2 Å². The molecule has 0 saturated heterocycles. The van der Waals surface area contributed by atoms with E-state index in [0.29, 0.717) is 15.6 Å². The molecule has 2 nitrogen and oxygen atoms in total. The maximum Gasteiger partial charge on any atom is 0.330 e. The van der Waals surface area contributed by atoms with E-state index < -0.39 is 5.97 Å². The minimum Gasteiger partial charge on any atom is -0.466 e. The van der Waals surface area contributed by atoms with E-state index in [1.807, 2.05) is 0 Å². The van der Waals surface area contributed by atoms with Gasteiger partial charge in [0.25, 0.3) is 0 Å². The summed E-state index contributed by atoms with van der Waals surface area (Å²) in [4.78, 5) is 11.0. The zero-order valence-electron chi connectivity index (χ0n) is 8.38. The Balaban J connectivity index is 3.10. The number of rotatable bonds is 2. The second-order valence-corrected chi connectivity index (χ2v) is 3.82. The molecule has 0 fully saturated rings. The van der Waals surface area contributed by atoms with E-state index in [2.05, 4.69) is 4.74 Å². The third kappa shape index (κ3) is 3.26. The number of methoxy groups -OCH3 is 1. The summed E-state index contributed by atoms with van der Waals surface area (Å²) >= 11 is 11.8. The van der Waals surface area contributed by atoms with Crippen molar-refractivity contribution in [1.82, 2.24) is 0 Å². The molecule has 1 aromatic rings. The lowest BCUT2D eigenvalue weighted by Gasteiger charge is -2.04. The number of carbonyl (C=O) groups is 1. The Bertz CT molecular complexity index is 411. The molecule has 1 rings (SSSR count). The number of halogens is 2. The van der Waals surface area contributed by atoms with Gasteiger partial charge in [-0.3, -0.25) is 0 Å². The summed E-state index contributed by atoms with van der Waals surface area (Å²) in [6.45, 7) is 1.77. The van der Waals surface area contributed by atoms with Crippen LogP contribution in [0.2, 0.25) is 10.0 Å². The fourth-order valence-corrected chi connectivity index (χ4v) is 1.55. The highest BCUT2D eigenvalue weighted by atomic mass is 35.5. The summed E-state index contributed by atoms with van der Waals surface area (Å²) in [6.07, 6.45) is 1.37. The lowest BCUT2D eigenvalue weighted by atomic mass is 10.1. The first-order valence-corrected chi connectivity index (χ1v) is 5.02. The highest BCUT2D eigenvalue weighted by Gasteiger charge is 2.05. The quantitative estimate of drug-likeness (QED) is 0.588. The molecule has 80 valence electrons. The van der Waals surface area contributed by atoms with Gasteiger partial charge in [-0.15, -0.1) is 0 Å². The van der Waals surface area contributed by atoms with Crippen molar-refractivity contribution in [3.63, 3.8) is 0 Å². The Labute approximate surface area is 98.4 Å². The fourth-order valence-electron chi connectivity index (χ4n) is 1.11. The second-order valence-electron chi connectivity index (χ2n) is 2.97. The molecule has 0 amide bonds. The van der Waals surface area contributed by atoms with Crippen LogP contribution < -0.4 is 0 Å². The van der Waals surface area contributed by atoms with Gasteiger partial charge in [-0.05, 0) is 36.3 Å². The fraction of sp³-hybridized carbons (Fsp3) is 0.182. The standard InChI is InChI=1S/C11H10Cl2O2/c1-7(5-11(14)15-2)9-6-8(12)3-4-10(9)13/h3-6H,1-2H3. The van der Waals surface area contributed by atoms with Crippen molar-refractivity contribution in [2.75, 3.05) is 7.11 Å². The first-order valence-electron chi connectivity index (χ1n) is 4.26. The topological polar surface area (TPSA) is 26.3 Å². The molecule has 0 unspecified atom stereocenters. The molecule has 0 aliphatic rings. The third-order valence-corrected chi connectivity index (χ3v) is 2.45. The Morgan fingerprint density at radius 2 is 2.07 bits per heavy atom. The SMILES string of the molecule is COC(=O)C=C(C)c1cc(Cl)ccc1Cl. The maximum absolute atomic E-state index is 11.0. The van der Waals surface area contributed by atoms with Gasteiger partial charge < -0.3 is 4.74 Å². The van der Waals surface area contributed by atoms with Crippen LogP contribution in [0, 0.1) is 0 Å². The van der Waals surface area contributed by atoms with Gasteiger partial charge in [0.15, 0.2) is 0 Å². The molecule has 1 aromatic carbocycles. The van der Waals surface area contributed by atoms with E-state index in [9.17, 15) is 4.79 Å². The van der Waals surface area contributed by atoms with E-state index in [4.69, 9.17) is 23.2 Å². The van der Waals surface area contributed by atoms with Crippen LogP contribution in [0.5, 0.6) is 0 Å². The van der Waals surface area contributed by atoms with Gasteiger partial charge in [0.2, 0.25) is 0 Å². The van der Waals surface area contributed by atoms with Crippen molar-refractivity contribution in [3.05, 3.63) is 39.9 Å².